The molecule has 0 aliphatic heterocycles. The third kappa shape index (κ3) is 3.45. The van der Waals surface area contributed by atoms with Gasteiger partial charge in [-0.05, 0) is 40.2 Å². The smallest absolute Gasteiger partial charge is 0.139 e. The number of hydrogen-bond donors (Lipinski definition) is 2. The number of hydrogen-bond acceptors (Lipinski definition) is 2. The topological polar surface area (TPSA) is 38.0 Å². The summed E-state index contributed by atoms with van der Waals surface area (Å²) in [6.07, 6.45) is 0. The molecule has 0 saturated heterocycles. The van der Waals surface area contributed by atoms with E-state index >= 15 is 0 Å². The van der Waals surface area contributed by atoms with E-state index in [9.17, 15) is 8.78 Å². The molecule has 0 aliphatic carbocycles. The molecule has 3 N–H and O–H groups in total. The first-order chi connectivity index (χ1) is 8.97. The van der Waals surface area contributed by atoms with Crippen molar-refractivity contribution in [3.63, 3.8) is 0 Å². The number of anilines is 2. The van der Waals surface area contributed by atoms with Crippen LogP contribution in [0.2, 0.25) is 0 Å². The SMILES string of the molecule is Nc1cc(F)c(Br)cc1NCc1cc(Br)ccc1F. The lowest BCUT2D eigenvalue weighted by Gasteiger charge is -2.11. The van der Waals surface area contributed by atoms with Gasteiger partial charge in [0.2, 0.25) is 0 Å². The Morgan fingerprint density at radius 1 is 1.05 bits per heavy atom. The van der Waals surface area contributed by atoms with Crippen molar-refractivity contribution in [1.82, 2.24) is 0 Å². The Hall–Kier alpha value is -1.14. The summed E-state index contributed by atoms with van der Waals surface area (Å²) in [5, 5.41) is 2.98. The van der Waals surface area contributed by atoms with Gasteiger partial charge in [0.15, 0.2) is 0 Å². The second-order valence-corrected chi connectivity index (χ2v) is 5.71. The highest BCUT2D eigenvalue weighted by Gasteiger charge is 2.07. The lowest BCUT2D eigenvalue weighted by Crippen LogP contribution is -2.05. The second kappa shape index (κ2) is 5.88. The molecule has 0 unspecified atom stereocenters. The summed E-state index contributed by atoms with van der Waals surface area (Å²) in [6, 6.07) is 7.42. The van der Waals surface area contributed by atoms with Crippen LogP contribution >= 0.6 is 31.9 Å². The average Bonchev–Trinajstić information content (AvgIpc) is 2.36. The lowest BCUT2D eigenvalue weighted by atomic mass is 10.2. The van der Waals surface area contributed by atoms with Gasteiger partial charge in [-0.3, -0.25) is 0 Å². The molecule has 0 aliphatic rings. The van der Waals surface area contributed by atoms with Gasteiger partial charge in [0.1, 0.15) is 11.6 Å². The molecule has 2 nitrogen and oxygen atoms in total. The predicted octanol–water partition coefficient (Wildman–Crippen LogP) is 4.68. The van der Waals surface area contributed by atoms with Crippen molar-refractivity contribution < 1.29 is 8.78 Å². The summed E-state index contributed by atoms with van der Waals surface area (Å²) in [6.45, 7) is 0.257. The van der Waals surface area contributed by atoms with E-state index in [-0.39, 0.29) is 18.0 Å². The summed E-state index contributed by atoms with van der Waals surface area (Å²) < 4.78 is 27.9. The minimum atomic E-state index is -0.434. The van der Waals surface area contributed by atoms with Gasteiger partial charge >= 0.3 is 0 Å². The first kappa shape index (κ1) is 14.3. The molecule has 0 radical (unpaired) electrons. The van der Waals surface area contributed by atoms with Crippen molar-refractivity contribution >= 4 is 43.2 Å². The van der Waals surface area contributed by atoms with Crippen molar-refractivity contribution in [3.05, 3.63) is 56.5 Å². The van der Waals surface area contributed by atoms with Crippen LogP contribution < -0.4 is 11.1 Å². The van der Waals surface area contributed by atoms with E-state index in [4.69, 9.17) is 5.73 Å². The lowest BCUT2D eigenvalue weighted by molar-refractivity contribution is 0.612. The molecule has 2 aromatic rings. The molecule has 0 atom stereocenters. The quantitative estimate of drug-likeness (QED) is 0.745. The minimum Gasteiger partial charge on any atom is -0.397 e. The maximum absolute atomic E-state index is 13.6. The molecule has 0 heterocycles. The summed E-state index contributed by atoms with van der Waals surface area (Å²) in [4.78, 5) is 0. The van der Waals surface area contributed by atoms with Crippen LogP contribution in [0.25, 0.3) is 0 Å². The second-order valence-electron chi connectivity index (χ2n) is 3.94. The monoisotopic (exact) mass is 390 g/mol. The Bertz CT molecular complexity index is 618. The molecule has 6 heteroatoms. The Morgan fingerprint density at radius 3 is 2.53 bits per heavy atom. The van der Waals surface area contributed by atoms with Gasteiger partial charge in [0, 0.05) is 22.6 Å². The van der Waals surface area contributed by atoms with Gasteiger partial charge in [-0.2, -0.15) is 0 Å². The van der Waals surface area contributed by atoms with Crippen LogP contribution in [0, 0.1) is 11.6 Å². The maximum Gasteiger partial charge on any atom is 0.139 e. The fourth-order valence-corrected chi connectivity index (χ4v) is 2.34. The number of nitrogen functional groups attached to an aromatic ring is 1. The van der Waals surface area contributed by atoms with Gasteiger partial charge in [-0.15, -0.1) is 0 Å². The number of nitrogens with two attached hydrogens (primary N) is 1. The molecular formula is C13H10Br2F2N2. The summed E-state index contributed by atoms with van der Waals surface area (Å²) in [7, 11) is 0. The van der Waals surface area contributed by atoms with Crippen molar-refractivity contribution in [3.8, 4) is 0 Å². The van der Waals surface area contributed by atoms with E-state index in [1.807, 2.05) is 0 Å². The van der Waals surface area contributed by atoms with Crippen molar-refractivity contribution in [2.75, 3.05) is 11.1 Å². The highest BCUT2D eigenvalue weighted by molar-refractivity contribution is 9.10. The van der Waals surface area contributed by atoms with Gasteiger partial charge in [0.05, 0.1) is 15.8 Å². The predicted molar refractivity (Wildman–Crippen MR) is 79.9 cm³/mol. The van der Waals surface area contributed by atoms with E-state index in [2.05, 4.69) is 37.2 Å². The molecule has 2 aromatic carbocycles. The zero-order valence-electron chi connectivity index (χ0n) is 9.68. The van der Waals surface area contributed by atoms with Gasteiger partial charge in [0.25, 0.3) is 0 Å². The minimum absolute atomic E-state index is 0.257. The Labute approximate surface area is 126 Å². The maximum atomic E-state index is 13.6. The van der Waals surface area contributed by atoms with Crippen LogP contribution in [0.3, 0.4) is 0 Å². The van der Waals surface area contributed by atoms with E-state index in [0.29, 0.717) is 15.7 Å². The van der Waals surface area contributed by atoms with E-state index in [1.165, 1.54) is 18.2 Å². The molecule has 0 bridgehead atoms. The van der Waals surface area contributed by atoms with Crippen molar-refractivity contribution in [1.29, 1.82) is 0 Å². The molecule has 0 fully saturated rings. The molecule has 19 heavy (non-hydrogen) atoms. The van der Waals surface area contributed by atoms with Gasteiger partial charge in [-0.25, -0.2) is 8.78 Å². The van der Waals surface area contributed by atoms with Gasteiger partial charge < -0.3 is 11.1 Å². The third-order valence-corrected chi connectivity index (χ3v) is 3.67. The highest BCUT2D eigenvalue weighted by Crippen LogP contribution is 2.27. The fraction of sp³-hybridized carbons (Fsp3) is 0.0769. The third-order valence-electron chi connectivity index (χ3n) is 2.57. The summed E-state index contributed by atoms with van der Waals surface area (Å²) in [5.74, 6) is -0.743. The average molecular weight is 392 g/mol. The van der Waals surface area contributed by atoms with E-state index in [0.717, 1.165) is 4.47 Å². The van der Waals surface area contributed by atoms with Crippen LogP contribution in [-0.2, 0) is 6.54 Å². The number of nitrogens with one attached hydrogen (secondary N) is 1. The summed E-state index contributed by atoms with van der Waals surface area (Å²) in [5.41, 5.74) is 7.01. The molecule has 0 saturated carbocycles. The van der Waals surface area contributed by atoms with Crippen molar-refractivity contribution in [2.45, 2.75) is 6.54 Å². The molecule has 2 rings (SSSR count). The van der Waals surface area contributed by atoms with Crippen LogP contribution in [0.4, 0.5) is 20.2 Å². The zero-order valence-corrected chi connectivity index (χ0v) is 12.9. The zero-order chi connectivity index (χ0) is 14.0. The molecular weight excluding hydrogens is 382 g/mol. The van der Waals surface area contributed by atoms with Crippen LogP contribution in [0.1, 0.15) is 5.56 Å². The normalized spacial score (nSPS) is 10.5. The number of halogens is 4. The number of benzene rings is 2. The highest BCUT2D eigenvalue weighted by atomic mass is 79.9. The van der Waals surface area contributed by atoms with Crippen LogP contribution in [0.5, 0.6) is 0 Å². The first-order valence-corrected chi connectivity index (χ1v) is 6.98. The molecule has 0 spiro atoms. The van der Waals surface area contributed by atoms with Crippen LogP contribution in [0.15, 0.2) is 39.3 Å². The first-order valence-electron chi connectivity index (χ1n) is 5.39. The van der Waals surface area contributed by atoms with Gasteiger partial charge in [-0.1, -0.05) is 15.9 Å². The Balaban J connectivity index is 2.19. The van der Waals surface area contributed by atoms with Crippen LogP contribution in [-0.4, -0.2) is 0 Å². The fourth-order valence-electron chi connectivity index (χ4n) is 1.58. The Kier molecular flexibility index (Phi) is 4.42. The standard InChI is InChI=1S/C13H10Br2F2N2/c14-8-1-2-10(16)7(3-8)6-19-13-4-9(15)11(17)5-12(13)18/h1-5,19H,6,18H2. The molecule has 0 aromatic heterocycles. The molecule has 100 valence electrons. The van der Waals surface area contributed by atoms with E-state index in [1.54, 1.807) is 12.1 Å². The van der Waals surface area contributed by atoms with E-state index < -0.39 is 5.82 Å². The molecule has 0 amide bonds. The van der Waals surface area contributed by atoms with Crippen molar-refractivity contribution in [2.24, 2.45) is 0 Å². The Morgan fingerprint density at radius 2 is 1.79 bits per heavy atom. The largest absolute Gasteiger partial charge is 0.397 e. The summed E-state index contributed by atoms with van der Waals surface area (Å²) >= 11 is 6.36. The number of rotatable bonds is 3.